The lowest BCUT2D eigenvalue weighted by Crippen LogP contribution is -2.31. The molecule has 0 spiro atoms. The number of fused-ring (bicyclic) bond motifs is 1. The molecule has 3 aromatic rings. The topological polar surface area (TPSA) is 15.3 Å². The van der Waals surface area contributed by atoms with Crippen LogP contribution in [0, 0.1) is 5.92 Å². The van der Waals surface area contributed by atoms with E-state index in [1.165, 1.54) is 39.3 Å². The smallest absolute Gasteiger partial charge is 0.0564 e. The Labute approximate surface area is 218 Å². The maximum absolute atomic E-state index is 3.88. The first-order chi connectivity index (χ1) is 17.0. The van der Waals surface area contributed by atoms with E-state index >= 15 is 0 Å². The molecule has 2 heterocycles. The summed E-state index contributed by atoms with van der Waals surface area (Å²) in [6.45, 7) is 9.25. The molecule has 2 nitrogen and oxygen atoms in total. The van der Waals surface area contributed by atoms with Crippen LogP contribution >= 0.6 is 15.9 Å². The van der Waals surface area contributed by atoms with Gasteiger partial charge in [-0.15, -0.1) is 0 Å². The van der Waals surface area contributed by atoms with Crippen LogP contribution in [0.25, 0.3) is 11.1 Å². The number of benzene rings is 3. The average molecular weight is 528 g/mol. The Morgan fingerprint density at radius 1 is 0.886 bits per heavy atom. The summed E-state index contributed by atoms with van der Waals surface area (Å²) in [6.07, 6.45) is 6.74. The lowest BCUT2D eigenvalue weighted by Gasteiger charge is -2.31. The second-order valence-electron chi connectivity index (χ2n) is 9.99. The van der Waals surface area contributed by atoms with Crippen molar-refractivity contribution >= 4 is 27.3 Å². The van der Waals surface area contributed by atoms with Gasteiger partial charge in [-0.25, -0.2) is 0 Å². The first kappa shape index (κ1) is 23.9. The predicted octanol–water partition coefficient (Wildman–Crippen LogP) is 8.98. The van der Waals surface area contributed by atoms with E-state index in [1.807, 2.05) is 0 Å². The highest BCUT2D eigenvalue weighted by Gasteiger charge is 2.40. The van der Waals surface area contributed by atoms with Gasteiger partial charge >= 0.3 is 0 Å². The molecule has 0 aromatic heterocycles. The molecule has 0 amide bonds. The molecule has 2 aliphatic rings. The summed E-state index contributed by atoms with van der Waals surface area (Å²) in [4.78, 5) is 2.56. The fourth-order valence-corrected chi connectivity index (χ4v) is 6.40. The van der Waals surface area contributed by atoms with Crippen molar-refractivity contribution in [2.75, 3.05) is 4.90 Å². The van der Waals surface area contributed by atoms with Gasteiger partial charge in [0, 0.05) is 39.8 Å². The lowest BCUT2D eigenvalue weighted by atomic mass is 9.81. The van der Waals surface area contributed by atoms with Crippen molar-refractivity contribution in [2.45, 2.75) is 58.5 Å². The second kappa shape index (κ2) is 10.1. The van der Waals surface area contributed by atoms with E-state index in [1.54, 1.807) is 0 Å². The molecule has 0 fully saturated rings. The maximum Gasteiger partial charge on any atom is 0.0564 e. The second-order valence-corrected chi connectivity index (χ2v) is 10.8. The molecule has 3 heteroatoms. The number of hydrogen-bond donors (Lipinski definition) is 1. The summed E-state index contributed by atoms with van der Waals surface area (Å²) in [5.74, 6) is 1.00. The van der Waals surface area contributed by atoms with Gasteiger partial charge in [-0.3, -0.25) is 0 Å². The molecule has 0 bridgehead atoms. The van der Waals surface area contributed by atoms with Gasteiger partial charge in [-0.1, -0.05) is 67.6 Å². The molecule has 0 saturated heterocycles. The minimum atomic E-state index is 0.366. The third-order valence-electron chi connectivity index (χ3n) is 7.89. The molecule has 4 unspecified atom stereocenters. The zero-order chi connectivity index (χ0) is 24.5. The first-order valence-corrected chi connectivity index (χ1v) is 13.7. The molecule has 180 valence electrons. The van der Waals surface area contributed by atoms with Crippen molar-refractivity contribution in [3.8, 4) is 11.1 Å². The number of anilines is 2. The third-order valence-corrected chi connectivity index (χ3v) is 8.56. The summed E-state index contributed by atoms with van der Waals surface area (Å²) in [5, 5.41) is 3.75. The van der Waals surface area contributed by atoms with Crippen LogP contribution in [-0.4, -0.2) is 12.1 Å². The van der Waals surface area contributed by atoms with Crippen LogP contribution < -0.4 is 10.2 Å². The van der Waals surface area contributed by atoms with Crippen LogP contribution in [0.5, 0.6) is 0 Å². The van der Waals surface area contributed by atoms with Gasteiger partial charge in [0.25, 0.3) is 0 Å². The van der Waals surface area contributed by atoms with Gasteiger partial charge in [0.2, 0.25) is 0 Å². The lowest BCUT2D eigenvalue weighted by molar-refractivity contribution is 0.408. The summed E-state index contributed by atoms with van der Waals surface area (Å²) >= 11 is 3.88. The van der Waals surface area contributed by atoms with Crippen LogP contribution in [-0.2, 0) is 0 Å². The number of hydrogen-bond acceptors (Lipinski definition) is 2. The molecule has 0 aliphatic carbocycles. The molecule has 2 aliphatic heterocycles. The maximum atomic E-state index is 3.88. The highest BCUT2D eigenvalue weighted by Crippen LogP contribution is 2.51. The van der Waals surface area contributed by atoms with Gasteiger partial charge in [0.15, 0.2) is 0 Å². The average Bonchev–Trinajstić information content (AvgIpc) is 3.31. The van der Waals surface area contributed by atoms with E-state index in [-0.39, 0.29) is 0 Å². The highest BCUT2D eigenvalue weighted by atomic mass is 79.9. The van der Waals surface area contributed by atoms with Crippen molar-refractivity contribution in [1.29, 1.82) is 0 Å². The Morgan fingerprint density at radius 2 is 1.63 bits per heavy atom. The Bertz CT molecular complexity index is 1260. The monoisotopic (exact) mass is 526 g/mol. The van der Waals surface area contributed by atoms with Gasteiger partial charge in [-0.05, 0) is 96.1 Å². The van der Waals surface area contributed by atoms with Gasteiger partial charge in [0.05, 0.1) is 5.69 Å². The number of halogens is 1. The van der Waals surface area contributed by atoms with Crippen LogP contribution in [0.3, 0.4) is 0 Å². The Hall–Kier alpha value is -2.78. The van der Waals surface area contributed by atoms with Crippen LogP contribution in [0.4, 0.5) is 11.4 Å². The fourth-order valence-electron chi connectivity index (χ4n) is 5.96. The number of nitrogens with one attached hydrogen (secondary N) is 1. The van der Waals surface area contributed by atoms with Crippen LogP contribution in [0.1, 0.15) is 52.0 Å². The Balaban J connectivity index is 1.51. The fraction of sp³-hybridized carbons (Fsp3) is 0.312. The van der Waals surface area contributed by atoms with Crippen LogP contribution in [0.15, 0.2) is 101 Å². The van der Waals surface area contributed by atoms with Gasteiger partial charge < -0.3 is 10.2 Å². The highest BCUT2D eigenvalue weighted by molar-refractivity contribution is 9.10. The molecule has 0 saturated carbocycles. The van der Waals surface area contributed by atoms with Crippen molar-refractivity contribution in [1.82, 2.24) is 5.32 Å². The van der Waals surface area contributed by atoms with E-state index < -0.39 is 0 Å². The summed E-state index contributed by atoms with van der Waals surface area (Å²) < 4.78 is 1.14. The molecule has 35 heavy (non-hydrogen) atoms. The molecule has 1 N–H and O–H groups in total. The van der Waals surface area contributed by atoms with Crippen molar-refractivity contribution in [2.24, 2.45) is 5.92 Å². The molecular weight excluding hydrogens is 492 g/mol. The molecular formula is C32H35BrN2. The van der Waals surface area contributed by atoms with Crippen molar-refractivity contribution in [3.63, 3.8) is 0 Å². The van der Waals surface area contributed by atoms with E-state index in [9.17, 15) is 0 Å². The first-order valence-electron chi connectivity index (χ1n) is 12.9. The van der Waals surface area contributed by atoms with Crippen molar-refractivity contribution in [3.05, 3.63) is 106 Å². The molecule has 3 aromatic carbocycles. The number of nitrogens with zero attached hydrogens (tertiary/aromatic N) is 1. The summed E-state index contributed by atoms with van der Waals surface area (Å²) in [5.41, 5.74) is 9.35. The third kappa shape index (κ3) is 4.47. The molecule has 5 rings (SSSR count). The quantitative estimate of drug-likeness (QED) is 0.344. The Kier molecular flexibility index (Phi) is 6.88. The van der Waals surface area contributed by atoms with Crippen molar-refractivity contribution < 1.29 is 0 Å². The van der Waals surface area contributed by atoms with E-state index in [0.717, 1.165) is 17.3 Å². The minimum Gasteiger partial charge on any atom is -0.382 e. The van der Waals surface area contributed by atoms with E-state index in [4.69, 9.17) is 0 Å². The number of allylic oxidation sites excluding steroid dienone is 2. The predicted molar refractivity (Wildman–Crippen MR) is 153 cm³/mol. The van der Waals surface area contributed by atoms with Gasteiger partial charge in [-0.2, -0.15) is 0 Å². The number of para-hydroxylation sites is 1. The standard InChI is InChI=1S/C32H35BrN2/c1-5-6-15-30-21(2)27(22(3)34-30)20-28-23(4)35(31-16-11-10-14-26(28)31)32-19-25(17-18-29(32)33)24-12-8-7-9-13-24/h6-19,22-23,27-28,34H,5,20H2,1-4H3/b15-6-. The van der Waals surface area contributed by atoms with Crippen LogP contribution in [0.2, 0.25) is 0 Å². The zero-order valence-corrected chi connectivity index (χ0v) is 22.7. The summed E-state index contributed by atoms with van der Waals surface area (Å²) in [7, 11) is 0. The number of rotatable bonds is 6. The largest absolute Gasteiger partial charge is 0.382 e. The van der Waals surface area contributed by atoms with E-state index in [2.05, 4.69) is 139 Å². The zero-order valence-electron chi connectivity index (χ0n) is 21.1. The summed E-state index contributed by atoms with van der Waals surface area (Å²) in [6, 6.07) is 27.2. The van der Waals surface area contributed by atoms with E-state index in [0.29, 0.717) is 23.9 Å². The SMILES string of the molecule is CC/C=C\C1=C(C)C(CC2c3ccccc3N(c3cc(-c4ccccc4)ccc3Br)C2C)C(C)N1. The normalized spacial score (nSPS) is 23.7. The minimum absolute atomic E-state index is 0.366. The Morgan fingerprint density at radius 3 is 2.40 bits per heavy atom. The van der Waals surface area contributed by atoms with Gasteiger partial charge in [0.1, 0.15) is 0 Å². The molecule has 0 radical (unpaired) electrons. The molecule has 4 atom stereocenters.